The summed E-state index contributed by atoms with van der Waals surface area (Å²) in [5, 5.41) is 12.8. The lowest BCUT2D eigenvalue weighted by molar-refractivity contribution is 0.102. The fraction of sp³-hybridized carbons (Fsp3) is 0.412. The number of H-pyrrole nitrogens is 1. The van der Waals surface area contributed by atoms with E-state index in [4.69, 9.17) is 0 Å². The summed E-state index contributed by atoms with van der Waals surface area (Å²) in [6.45, 7) is 4.51. The van der Waals surface area contributed by atoms with E-state index in [9.17, 15) is 9.18 Å². The zero-order valence-corrected chi connectivity index (χ0v) is 13.3. The van der Waals surface area contributed by atoms with Gasteiger partial charge in [0.15, 0.2) is 5.69 Å². The molecule has 23 heavy (non-hydrogen) atoms. The number of benzene rings is 1. The Morgan fingerprint density at radius 2 is 2.13 bits per heavy atom. The summed E-state index contributed by atoms with van der Waals surface area (Å²) >= 11 is 0. The van der Waals surface area contributed by atoms with E-state index < -0.39 is 6.17 Å². The minimum Gasteiger partial charge on any atom is -0.321 e. The Labute approximate surface area is 134 Å². The van der Waals surface area contributed by atoms with Crippen LogP contribution in [0.4, 0.5) is 10.1 Å². The third-order valence-corrected chi connectivity index (χ3v) is 4.13. The number of nitrogens with one attached hydrogen (secondary N) is 3. The molecule has 122 valence electrons. The van der Waals surface area contributed by atoms with Gasteiger partial charge in [0.1, 0.15) is 6.17 Å². The van der Waals surface area contributed by atoms with Gasteiger partial charge in [0.05, 0.1) is 0 Å². The highest BCUT2D eigenvalue weighted by Crippen LogP contribution is 2.18. The van der Waals surface area contributed by atoms with Crippen LogP contribution in [0.5, 0.6) is 0 Å². The molecule has 2 heterocycles. The van der Waals surface area contributed by atoms with Crippen LogP contribution in [0.3, 0.4) is 0 Å². The molecule has 1 aliphatic heterocycles. The lowest BCUT2D eigenvalue weighted by Crippen LogP contribution is -2.55. The molecule has 0 radical (unpaired) electrons. The number of aromatic nitrogens is 2. The van der Waals surface area contributed by atoms with Crippen LogP contribution in [0.2, 0.25) is 0 Å². The van der Waals surface area contributed by atoms with Crippen LogP contribution < -0.4 is 10.6 Å². The summed E-state index contributed by atoms with van der Waals surface area (Å²) in [6.07, 6.45) is -0.101. The van der Waals surface area contributed by atoms with Gasteiger partial charge in [-0.25, -0.2) is 4.39 Å². The molecule has 3 rings (SSSR count). The maximum atomic E-state index is 13.2. The first-order valence-corrected chi connectivity index (χ1v) is 7.86. The molecule has 1 saturated heterocycles. The molecule has 1 aromatic carbocycles. The number of aromatic amines is 1. The minimum absolute atomic E-state index is 0.0889. The first-order chi connectivity index (χ1) is 11.0. The molecule has 5 nitrogen and oxygen atoms in total. The van der Waals surface area contributed by atoms with Crippen molar-refractivity contribution in [3.63, 3.8) is 0 Å². The second kappa shape index (κ2) is 6.50. The zero-order chi connectivity index (χ0) is 16.4. The number of hydrogen-bond acceptors (Lipinski definition) is 3. The number of carbonyl (C=O) groups is 1. The molecule has 0 saturated carbocycles. The number of rotatable bonds is 5. The summed E-state index contributed by atoms with van der Waals surface area (Å²) < 4.78 is 13.2. The zero-order valence-electron chi connectivity index (χ0n) is 13.3. The standard InChI is InChI=1S/C17H21FN4O/c1-10(2)14-8-16(22-21-14)17(23)20-12-5-3-11(4-6-12)7-15-13(18)9-19-15/h3-6,8,10,13,15,19H,7,9H2,1-2H3,(H,20,23)(H,21,22)/t13-,15-/m0/s1. The second-order valence-corrected chi connectivity index (χ2v) is 6.25. The van der Waals surface area contributed by atoms with Crippen molar-refractivity contribution >= 4 is 11.6 Å². The van der Waals surface area contributed by atoms with E-state index in [0.717, 1.165) is 11.3 Å². The van der Waals surface area contributed by atoms with Gasteiger partial charge in [0.25, 0.3) is 5.91 Å². The molecule has 1 fully saturated rings. The van der Waals surface area contributed by atoms with Gasteiger partial charge in [-0.2, -0.15) is 5.10 Å². The van der Waals surface area contributed by atoms with Crippen molar-refractivity contribution < 1.29 is 9.18 Å². The number of nitrogens with zero attached hydrogens (tertiary/aromatic N) is 1. The summed E-state index contributed by atoms with van der Waals surface area (Å²) in [5.41, 5.74) is 3.05. The van der Waals surface area contributed by atoms with E-state index in [1.165, 1.54) is 0 Å². The van der Waals surface area contributed by atoms with Crippen LogP contribution in [-0.4, -0.2) is 34.9 Å². The molecular weight excluding hydrogens is 295 g/mol. The van der Waals surface area contributed by atoms with Gasteiger partial charge >= 0.3 is 0 Å². The molecule has 2 atom stereocenters. The molecule has 0 aliphatic carbocycles. The Morgan fingerprint density at radius 1 is 1.39 bits per heavy atom. The molecule has 3 N–H and O–H groups in total. The molecule has 1 aromatic heterocycles. The maximum Gasteiger partial charge on any atom is 0.276 e. The summed E-state index contributed by atoms with van der Waals surface area (Å²) in [7, 11) is 0. The average Bonchev–Trinajstić information content (AvgIpc) is 3.03. The predicted molar refractivity (Wildman–Crippen MR) is 87.5 cm³/mol. The van der Waals surface area contributed by atoms with Gasteiger partial charge < -0.3 is 10.6 Å². The van der Waals surface area contributed by atoms with Crippen LogP contribution >= 0.6 is 0 Å². The molecule has 1 aliphatic rings. The Kier molecular flexibility index (Phi) is 4.43. The van der Waals surface area contributed by atoms with Crippen molar-refractivity contribution in [3.8, 4) is 0 Å². The average molecular weight is 316 g/mol. The monoisotopic (exact) mass is 316 g/mol. The highest BCUT2D eigenvalue weighted by molar-refractivity contribution is 6.02. The van der Waals surface area contributed by atoms with E-state index in [0.29, 0.717) is 30.3 Å². The lowest BCUT2D eigenvalue weighted by atomic mass is 9.96. The molecule has 0 spiro atoms. The first kappa shape index (κ1) is 15.7. The van der Waals surface area contributed by atoms with E-state index >= 15 is 0 Å². The van der Waals surface area contributed by atoms with Gasteiger partial charge in [-0.15, -0.1) is 0 Å². The van der Waals surface area contributed by atoms with Crippen molar-refractivity contribution in [1.29, 1.82) is 0 Å². The van der Waals surface area contributed by atoms with Gasteiger partial charge in [0.2, 0.25) is 0 Å². The molecule has 0 unspecified atom stereocenters. The molecule has 1 amide bonds. The number of anilines is 1. The van der Waals surface area contributed by atoms with Crippen molar-refractivity contribution in [2.75, 3.05) is 11.9 Å². The number of halogens is 1. The highest BCUT2D eigenvalue weighted by Gasteiger charge is 2.29. The fourth-order valence-corrected chi connectivity index (χ4v) is 2.50. The van der Waals surface area contributed by atoms with Gasteiger partial charge in [0, 0.05) is 24.0 Å². The van der Waals surface area contributed by atoms with Gasteiger partial charge in [-0.1, -0.05) is 26.0 Å². The largest absolute Gasteiger partial charge is 0.321 e. The maximum absolute atomic E-state index is 13.2. The van der Waals surface area contributed by atoms with Crippen LogP contribution in [0.15, 0.2) is 30.3 Å². The molecule has 2 aromatic rings. The summed E-state index contributed by atoms with van der Waals surface area (Å²) in [5.74, 6) is 0.0492. The number of carbonyl (C=O) groups excluding carboxylic acids is 1. The molecule has 6 heteroatoms. The highest BCUT2D eigenvalue weighted by atomic mass is 19.1. The number of alkyl halides is 1. The van der Waals surface area contributed by atoms with Crippen LogP contribution in [0, 0.1) is 0 Å². The summed E-state index contributed by atoms with van der Waals surface area (Å²) in [4.78, 5) is 12.2. The normalized spacial score (nSPS) is 20.3. The fourth-order valence-electron chi connectivity index (χ4n) is 2.50. The van der Waals surface area contributed by atoms with Crippen molar-refractivity contribution in [2.24, 2.45) is 0 Å². The predicted octanol–water partition coefficient (Wildman–Crippen LogP) is 2.64. The van der Waals surface area contributed by atoms with Gasteiger partial charge in [-0.05, 0) is 36.1 Å². The Balaban J connectivity index is 1.59. The third-order valence-electron chi connectivity index (χ3n) is 4.13. The lowest BCUT2D eigenvalue weighted by Gasteiger charge is -2.32. The minimum atomic E-state index is -0.760. The SMILES string of the molecule is CC(C)c1cc(C(=O)Nc2ccc(C[C@@H]3NC[C@@H]3F)cc2)n[nH]1. The van der Waals surface area contributed by atoms with Crippen LogP contribution in [0.1, 0.15) is 41.5 Å². The Morgan fingerprint density at radius 3 is 2.65 bits per heavy atom. The Bertz CT molecular complexity index is 680. The number of amides is 1. The van der Waals surface area contributed by atoms with E-state index in [2.05, 4.69) is 20.8 Å². The summed E-state index contributed by atoms with van der Waals surface area (Å²) in [6, 6.07) is 9.15. The topological polar surface area (TPSA) is 69.8 Å². The van der Waals surface area contributed by atoms with Gasteiger partial charge in [-0.3, -0.25) is 9.89 Å². The smallest absolute Gasteiger partial charge is 0.276 e. The van der Waals surface area contributed by atoms with E-state index in [1.807, 2.05) is 38.1 Å². The van der Waals surface area contributed by atoms with Crippen LogP contribution in [-0.2, 0) is 6.42 Å². The quantitative estimate of drug-likeness (QED) is 0.794. The number of hydrogen-bond donors (Lipinski definition) is 3. The van der Waals surface area contributed by atoms with Crippen molar-refractivity contribution in [3.05, 3.63) is 47.3 Å². The second-order valence-electron chi connectivity index (χ2n) is 6.25. The van der Waals surface area contributed by atoms with Crippen LogP contribution in [0.25, 0.3) is 0 Å². The third kappa shape index (κ3) is 3.59. The van der Waals surface area contributed by atoms with Crippen molar-refractivity contribution in [2.45, 2.75) is 38.4 Å². The van der Waals surface area contributed by atoms with Crippen molar-refractivity contribution in [1.82, 2.24) is 15.5 Å². The Hall–Kier alpha value is -2.21. The first-order valence-electron chi connectivity index (χ1n) is 7.86. The molecular formula is C17H21FN4O. The van der Waals surface area contributed by atoms with E-state index in [1.54, 1.807) is 6.07 Å². The van der Waals surface area contributed by atoms with E-state index in [-0.39, 0.29) is 11.9 Å². The molecule has 0 bridgehead atoms.